The van der Waals surface area contributed by atoms with Gasteiger partial charge in [-0.15, -0.1) is 0 Å². The molecule has 23 heavy (non-hydrogen) atoms. The monoisotopic (exact) mass is 304 g/mol. The molecule has 2 atom stereocenters. The molecule has 1 fully saturated rings. The van der Waals surface area contributed by atoms with Gasteiger partial charge in [0.1, 0.15) is 0 Å². The van der Waals surface area contributed by atoms with Gasteiger partial charge in [0.2, 0.25) is 0 Å². The Labute approximate surface area is 134 Å². The van der Waals surface area contributed by atoms with Crippen LogP contribution in [0.1, 0.15) is 33.8 Å². The molecule has 0 radical (unpaired) electrons. The minimum Gasteiger partial charge on any atom is -0.345 e. The Kier molecular flexibility index (Phi) is 4.20. The average Bonchev–Trinajstić information content (AvgIpc) is 3.41. The van der Waals surface area contributed by atoms with Gasteiger partial charge in [0.15, 0.2) is 5.78 Å². The van der Waals surface area contributed by atoms with E-state index in [0.717, 1.165) is 12.0 Å². The van der Waals surface area contributed by atoms with Gasteiger partial charge in [-0.3, -0.25) is 9.59 Å². The van der Waals surface area contributed by atoms with E-state index in [-0.39, 0.29) is 30.1 Å². The molecule has 0 spiro atoms. The second-order valence-electron chi connectivity index (χ2n) is 5.70. The minimum absolute atomic E-state index is 0.0287. The lowest BCUT2D eigenvalue weighted by molar-refractivity contribution is -0.119. The van der Waals surface area contributed by atoms with E-state index in [0.29, 0.717) is 11.1 Å². The van der Waals surface area contributed by atoms with Crippen LogP contribution in [0.4, 0.5) is 0 Å². The number of rotatable bonds is 5. The number of Topliss-reactive ketones (excluding diaryl/α,β-unsaturated/α-hetero) is 1. The SMILES string of the molecule is N#Cc1ccc(C2CC2C(=O)CNC(=O)c2ccccc2)cc1. The van der Waals surface area contributed by atoms with Gasteiger partial charge in [-0.05, 0) is 42.2 Å². The number of ketones is 1. The first kappa shape index (κ1) is 15.0. The maximum Gasteiger partial charge on any atom is 0.251 e. The second kappa shape index (κ2) is 6.45. The number of carbonyl (C=O) groups excluding carboxylic acids is 2. The maximum atomic E-state index is 12.2. The molecule has 2 aromatic carbocycles. The highest BCUT2D eigenvalue weighted by Gasteiger charge is 2.43. The summed E-state index contributed by atoms with van der Waals surface area (Å²) < 4.78 is 0. The van der Waals surface area contributed by atoms with Gasteiger partial charge in [0.25, 0.3) is 5.91 Å². The first-order chi connectivity index (χ1) is 11.2. The third kappa shape index (κ3) is 3.46. The van der Waals surface area contributed by atoms with E-state index in [9.17, 15) is 9.59 Å². The van der Waals surface area contributed by atoms with Crippen molar-refractivity contribution in [3.8, 4) is 6.07 Å². The summed E-state index contributed by atoms with van der Waals surface area (Å²) in [6, 6.07) is 18.3. The number of hydrogen-bond acceptors (Lipinski definition) is 3. The molecule has 1 amide bonds. The quantitative estimate of drug-likeness (QED) is 0.923. The third-order valence-electron chi connectivity index (χ3n) is 4.13. The Morgan fingerprint density at radius 1 is 1.09 bits per heavy atom. The Hall–Kier alpha value is -2.93. The van der Waals surface area contributed by atoms with Crippen molar-refractivity contribution in [1.29, 1.82) is 5.26 Å². The Bertz CT molecular complexity index is 760. The fraction of sp³-hybridized carbons (Fsp3) is 0.211. The summed E-state index contributed by atoms with van der Waals surface area (Å²) in [4.78, 5) is 24.1. The van der Waals surface area contributed by atoms with Crippen LogP contribution in [0.5, 0.6) is 0 Å². The summed E-state index contributed by atoms with van der Waals surface area (Å²) in [5.41, 5.74) is 2.25. The van der Waals surface area contributed by atoms with E-state index in [1.165, 1.54) is 0 Å². The molecule has 1 aliphatic carbocycles. The van der Waals surface area contributed by atoms with Gasteiger partial charge in [0, 0.05) is 11.5 Å². The zero-order valence-corrected chi connectivity index (χ0v) is 12.5. The fourth-order valence-corrected chi connectivity index (χ4v) is 2.71. The first-order valence-corrected chi connectivity index (χ1v) is 7.55. The predicted octanol–water partition coefficient (Wildman–Crippen LogP) is 2.66. The lowest BCUT2D eigenvalue weighted by atomic mass is 10.1. The number of nitrogens with zero attached hydrogens (tertiary/aromatic N) is 1. The van der Waals surface area contributed by atoms with Gasteiger partial charge in [-0.25, -0.2) is 0 Å². The molecule has 4 nitrogen and oxygen atoms in total. The molecule has 3 rings (SSSR count). The van der Waals surface area contributed by atoms with Crippen LogP contribution >= 0.6 is 0 Å². The number of amides is 1. The number of nitrogens with one attached hydrogen (secondary N) is 1. The summed E-state index contributed by atoms with van der Waals surface area (Å²) in [7, 11) is 0. The molecule has 0 aliphatic heterocycles. The Morgan fingerprint density at radius 3 is 2.43 bits per heavy atom. The zero-order chi connectivity index (χ0) is 16.2. The Morgan fingerprint density at radius 2 is 1.78 bits per heavy atom. The number of carbonyl (C=O) groups is 2. The van der Waals surface area contributed by atoms with Crippen LogP contribution in [0.3, 0.4) is 0 Å². The maximum absolute atomic E-state index is 12.2. The molecule has 2 unspecified atom stereocenters. The van der Waals surface area contributed by atoms with Gasteiger partial charge in [0.05, 0.1) is 18.2 Å². The molecule has 1 aliphatic rings. The van der Waals surface area contributed by atoms with E-state index < -0.39 is 0 Å². The van der Waals surface area contributed by atoms with Crippen molar-refractivity contribution in [2.24, 2.45) is 5.92 Å². The van der Waals surface area contributed by atoms with Crippen molar-refractivity contribution in [3.63, 3.8) is 0 Å². The number of benzene rings is 2. The molecule has 2 aromatic rings. The van der Waals surface area contributed by atoms with Gasteiger partial charge in [-0.1, -0.05) is 30.3 Å². The summed E-state index contributed by atoms with van der Waals surface area (Å²) in [5, 5.41) is 11.5. The molecule has 0 saturated heterocycles. The topological polar surface area (TPSA) is 70.0 Å². The molecule has 114 valence electrons. The minimum atomic E-state index is -0.227. The summed E-state index contributed by atoms with van der Waals surface area (Å²) >= 11 is 0. The lowest BCUT2D eigenvalue weighted by Gasteiger charge is -2.05. The second-order valence-corrected chi connectivity index (χ2v) is 5.70. The van der Waals surface area contributed by atoms with Gasteiger partial charge in [-0.2, -0.15) is 5.26 Å². The van der Waals surface area contributed by atoms with Crippen LogP contribution in [0.15, 0.2) is 54.6 Å². The van der Waals surface area contributed by atoms with Crippen LogP contribution in [0.2, 0.25) is 0 Å². The Balaban J connectivity index is 1.52. The van der Waals surface area contributed by atoms with E-state index in [1.807, 2.05) is 18.2 Å². The molecule has 4 heteroatoms. The molecule has 1 N–H and O–H groups in total. The molecule has 1 saturated carbocycles. The van der Waals surface area contributed by atoms with Crippen molar-refractivity contribution < 1.29 is 9.59 Å². The van der Waals surface area contributed by atoms with Crippen LogP contribution in [0.25, 0.3) is 0 Å². The first-order valence-electron chi connectivity index (χ1n) is 7.55. The van der Waals surface area contributed by atoms with Crippen molar-refractivity contribution >= 4 is 11.7 Å². The normalized spacial score (nSPS) is 18.7. The van der Waals surface area contributed by atoms with E-state index in [1.54, 1.807) is 36.4 Å². The number of hydrogen-bond donors (Lipinski definition) is 1. The summed E-state index contributed by atoms with van der Waals surface area (Å²) in [6.45, 7) is 0.0607. The largest absolute Gasteiger partial charge is 0.345 e. The standard InChI is InChI=1S/C19H16N2O2/c20-11-13-6-8-14(9-7-13)16-10-17(16)18(22)12-21-19(23)15-4-2-1-3-5-15/h1-9,16-17H,10,12H2,(H,21,23). The number of nitriles is 1. The van der Waals surface area contributed by atoms with Crippen LogP contribution in [-0.4, -0.2) is 18.2 Å². The average molecular weight is 304 g/mol. The molecule has 0 aromatic heterocycles. The highest BCUT2D eigenvalue weighted by Crippen LogP contribution is 2.47. The van der Waals surface area contributed by atoms with Crippen LogP contribution in [0, 0.1) is 17.2 Å². The highest BCUT2D eigenvalue weighted by atomic mass is 16.2. The predicted molar refractivity (Wildman–Crippen MR) is 85.8 cm³/mol. The van der Waals surface area contributed by atoms with Crippen molar-refractivity contribution in [3.05, 3.63) is 71.3 Å². The molecular formula is C19H16N2O2. The van der Waals surface area contributed by atoms with Crippen LogP contribution in [-0.2, 0) is 4.79 Å². The summed E-state index contributed by atoms with van der Waals surface area (Å²) in [6.07, 6.45) is 0.811. The molecular weight excluding hydrogens is 288 g/mol. The van der Waals surface area contributed by atoms with E-state index >= 15 is 0 Å². The van der Waals surface area contributed by atoms with Crippen LogP contribution < -0.4 is 5.32 Å². The van der Waals surface area contributed by atoms with Gasteiger partial charge >= 0.3 is 0 Å². The summed E-state index contributed by atoms with van der Waals surface area (Å²) in [5.74, 6) is 0.0149. The van der Waals surface area contributed by atoms with Crippen molar-refractivity contribution in [2.75, 3.05) is 6.54 Å². The van der Waals surface area contributed by atoms with Crippen molar-refractivity contribution in [1.82, 2.24) is 5.32 Å². The fourth-order valence-electron chi connectivity index (χ4n) is 2.71. The lowest BCUT2D eigenvalue weighted by Crippen LogP contribution is -2.30. The highest BCUT2D eigenvalue weighted by molar-refractivity contribution is 5.97. The van der Waals surface area contributed by atoms with E-state index in [2.05, 4.69) is 11.4 Å². The third-order valence-corrected chi connectivity index (χ3v) is 4.13. The smallest absolute Gasteiger partial charge is 0.251 e. The zero-order valence-electron chi connectivity index (χ0n) is 12.5. The van der Waals surface area contributed by atoms with E-state index in [4.69, 9.17) is 5.26 Å². The molecule has 0 heterocycles. The molecule has 0 bridgehead atoms. The van der Waals surface area contributed by atoms with Crippen molar-refractivity contribution in [2.45, 2.75) is 12.3 Å². The van der Waals surface area contributed by atoms with Gasteiger partial charge < -0.3 is 5.32 Å².